The van der Waals surface area contributed by atoms with E-state index < -0.39 is 10.0 Å². The molecule has 1 saturated heterocycles. The normalized spacial score (nSPS) is 15.7. The Morgan fingerprint density at radius 3 is 2.42 bits per heavy atom. The Morgan fingerprint density at radius 1 is 1.03 bits per heavy atom. The van der Waals surface area contributed by atoms with Gasteiger partial charge in [0.25, 0.3) is 0 Å². The molecule has 1 heterocycles. The second-order valence-corrected chi connectivity index (χ2v) is 11.4. The van der Waals surface area contributed by atoms with Crippen LogP contribution in [0.25, 0.3) is 0 Å². The van der Waals surface area contributed by atoms with E-state index in [0.29, 0.717) is 42.5 Å². The van der Waals surface area contributed by atoms with Crippen LogP contribution in [0.5, 0.6) is 0 Å². The molecule has 2 aromatic rings. The zero-order valence-electron chi connectivity index (χ0n) is 17.1. The highest BCUT2D eigenvalue weighted by atomic mass is 35.5. The maximum Gasteiger partial charge on any atom is 0.223 e. The third kappa shape index (κ3) is 7.39. The molecule has 3 rings (SSSR count). The quantitative estimate of drug-likeness (QED) is 0.511. The van der Waals surface area contributed by atoms with Gasteiger partial charge >= 0.3 is 0 Å². The molecule has 0 spiro atoms. The molecule has 0 atom stereocenters. The van der Waals surface area contributed by atoms with E-state index in [1.807, 2.05) is 42.5 Å². The highest BCUT2D eigenvalue weighted by Gasteiger charge is 2.30. The second kappa shape index (κ2) is 11.6. The highest BCUT2D eigenvalue weighted by Crippen LogP contribution is 2.25. The van der Waals surface area contributed by atoms with Crippen molar-refractivity contribution in [2.75, 3.05) is 25.4 Å². The predicted molar refractivity (Wildman–Crippen MR) is 129 cm³/mol. The molecule has 1 N–H and O–H groups in total. The lowest BCUT2D eigenvalue weighted by Gasteiger charge is -2.30. The van der Waals surface area contributed by atoms with Crippen molar-refractivity contribution in [2.24, 2.45) is 5.92 Å². The molecule has 1 aliphatic heterocycles. The van der Waals surface area contributed by atoms with Crippen molar-refractivity contribution in [3.05, 3.63) is 69.7 Å². The first-order valence-corrected chi connectivity index (χ1v) is 13.7. The minimum atomic E-state index is -3.36. The summed E-state index contributed by atoms with van der Waals surface area (Å²) in [5, 5.41) is 4.07. The Balaban J connectivity index is 1.35. The number of nitrogens with one attached hydrogen (secondary N) is 1. The Labute approximate surface area is 198 Å². The molecule has 0 aliphatic carbocycles. The summed E-state index contributed by atoms with van der Waals surface area (Å²) >= 11 is 13.7. The van der Waals surface area contributed by atoms with Crippen LogP contribution in [-0.4, -0.2) is 44.0 Å². The predicted octanol–water partition coefficient (Wildman–Crippen LogP) is 4.58. The monoisotopic (exact) mass is 500 g/mol. The third-order valence-electron chi connectivity index (χ3n) is 5.21. The number of amides is 1. The number of sulfonamides is 1. The van der Waals surface area contributed by atoms with Gasteiger partial charge < -0.3 is 5.32 Å². The largest absolute Gasteiger partial charge is 0.355 e. The van der Waals surface area contributed by atoms with Gasteiger partial charge in [-0.2, -0.15) is 11.8 Å². The van der Waals surface area contributed by atoms with Crippen molar-refractivity contribution < 1.29 is 13.2 Å². The van der Waals surface area contributed by atoms with E-state index in [-0.39, 0.29) is 17.6 Å². The summed E-state index contributed by atoms with van der Waals surface area (Å²) in [5.74, 6) is 1.46. The maximum atomic E-state index is 12.6. The van der Waals surface area contributed by atoms with E-state index in [2.05, 4.69) is 5.32 Å². The fourth-order valence-corrected chi connectivity index (χ4v) is 6.17. The first-order valence-electron chi connectivity index (χ1n) is 10.2. The minimum absolute atomic E-state index is 0.000752. The van der Waals surface area contributed by atoms with Crippen LogP contribution in [0.15, 0.2) is 48.5 Å². The summed E-state index contributed by atoms with van der Waals surface area (Å²) in [6.07, 6.45) is 1.10. The maximum absolute atomic E-state index is 12.6. The van der Waals surface area contributed by atoms with E-state index in [0.717, 1.165) is 22.6 Å². The molecule has 5 nitrogen and oxygen atoms in total. The van der Waals surface area contributed by atoms with Crippen LogP contribution in [0.2, 0.25) is 10.0 Å². The average Bonchev–Trinajstić information content (AvgIpc) is 2.76. The molecular formula is C22H26Cl2N2O3S2. The number of hydrogen-bond acceptors (Lipinski definition) is 4. The molecular weight excluding hydrogens is 475 g/mol. The van der Waals surface area contributed by atoms with Gasteiger partial charge in [0.15, 0.2) is 0 Å². The van der Waals surface area contributed by atoms with Crippen LogP contribution < -0.4 is 5.32 Å². The van der Waals surface area contributed by atoms with Gasteiger partial charge in [0.1, 0.15) is 0 Å². The van der Waals surface area contributed by atoms with Crippen LogP contribution >= 0.6 is 35.0 Å². The highest BCUT2D eigenvalue weighted by molar-refractivity contribution is 7.98. The molecule has 9 heteroatoms. The summed E-state index contributed by atoms with van der Waals surface area (Å²) in [5.41, 5.74) is 1.87. The lowest BCUT2D eigenvalue weighted by Crippen LogP contribution is -2.43. The molecule has 0 aromatic heterocycles. The van der Waals surface area contributed by atoms with Gasteiger partial charge in [0, 0.05) is 37.1 Å². The summed E-state index contributed by atoms with van der Waals surface area (Å²) in [6, 6.07) is 14.8. The Bertz CT molecular complexity index is 980. The SMILES string of the molecule is O=C(NCCSCc1ccc(Cl)c(Cl)c1)C1CCN(S(=O)(=O)Cc2ccccc2)CC1. The number of nitrogens with zero attached hydrogens (tertiary/aromatic N) is 1. The molecule has 2 aromatic carbocycles. The minimum Gasteiger partial charge on any atom is -0.355 e. The number of halogens is 2. The van der Waals surface area contributed by atoms with E-state index in [1.165, 1.54) is 4.31 Å². The van der Waals surface area contributed by atoms with Crippen LogP contribution in [0.3, 0.4) is 0 Å². The number of hydrogen-bond donors (Lipinski definition) is 1. The van der Waals surface area contributed by atoms with Gasteiger partial charge in [-0.3, -0.25) is 4.79 Å². The molecule has 0 radical (unpaired) electrons. The molecule has 1 fully saturated rings. The van der Waals surface area contributed by atoms with Crippen molar-refractivity contribution >= 4 is 50.9 Å². The zero-order chi connectivity index (χ0) is 22.3. The average molecular weight is 502 g/mol. The van der Waals surface area contributed by atoms with Gasteiger partial charge in [0.05, 0.1) is 15.8 Å². The van der Waals surface area contributed by atoms with Gasteiger partial charge in [0.2, 0.25) is 15.9 Å². The summed E-state index contributed by atoms with van der Waals surface area (Å²) in [4.78, 5) is 12.4. The second-order valence-electron chi connectivity index (χ2n) is 7.51. The molecule has 0 saturated carbocycles. The third-order valence-corrected chi connectivity index (χ3v) is 8.83. The van der Waals surface area contributed by atoms with Crippen molar-refractivity contribution in [3.8, 4) is 0 Å². The molecule has 1 amide bonds. The smallest absolute Gasteiger partial charge is 0.223 e. The molecule has 0 unspecified atom stereocenters. The fraction of sp³-hybridized carbons (Fsp3) is 0.409. The van der Waals surface area contributed by atoms with Gasteiger partial charge in [-0.15, -0.1) is 0 Å². The molecule has 1 aliphatic rings. The number of benzene rings is 2. The van der Waals surface area contributed by atoms with Crippen molar-refractivity contribution in [1.29, 1.82) is 0 Å². The van der Waals surface area contributed by atoms with Crippen molar-refractivity contribution in [1.82, 2.24) is 9.62 Å². The topological polar surface area (TPSA) is 66.5 Å². The van der Waals surface area contributed by atoms with E-state index in [1.54, 1.807) is 17.8 Å². The number of rotatable bonds is 9. The fourth-order valence-electron chi connectivity index (χ4n) is 3.48. The number of carbonyl (C=O) groups excluding carboxylic acids is 1. The van der Waals surface area contributed by atoms with Crippen molar-refractivity contribution in [3.63, 3.8) is 0 Å². The lowest BCUT2D eigenvalue weighted by atomic mass is 9.97. The molecule has 0 bridgehead atoms. The number of piperidine rings is 1. The molecule has 168 valence electrons. The van der Waals surface area contributed by atoms with E-state index in [9.17, 15) is 13.2 Å². The Morgan fingerprint density at radius 2 is 1.74 bits per heavy atom. The first-order chi connectivity index (χ1) is 14.8. The Hall–Kier alpha value is -1.25. The summed E-state index contributed by atoms with van der Waals surface area (Å²) in [7, 11) is -3.36. The first kappa shape index (κ1) is 24.4. The van der Waals surface area contributed by atoms with Gasteiger partial charge in [-0.1, -0.05) is 59.6 Å². The van der Waals surface area contributed by atoms with E-state index >= 15 is 0 Å². The lowest BCUT2D eigenvalue weighted by molar-refractivity contribution is -0.125. The standard InChI is InChI=1S/C22H26Cl2N2O3S2/c23-20-7-6-18(14-21(20)24)15-30-13-10-25-22(27)19-8-11-26(12-9-19)31(28,29)16-17-4-2-1-3-5-17/h1-7,14,19H,8-13,15-16H2,(H,25,27). The van der Waals surface area contributed by atoms with Crippen LogP contribution in [0, 0.1) is 5.92 Å². The van der Waals surface area contributed by atoms with Crippen LogP contribution in [0.4, 0.5) is 0 Å². The zero-order valence-corrected chi connectivity index (χ0v) is 20.2. The van der Waals surface area contributed by atoms with Gasteiger partial charge in [-0.05, 0) is 36.1 Å². The summed E-state index contributed by atoms with van der Waals surface area (Å²) in [6.45, 7) is 1.36. The van der Waals surface area contributed by atoms with E-state index in [4.69, 9.17) is 23.2 Å². The number of thioether (sulfide) groups is 1. The Kier molecular flexibility index (Phi) is 9.10. The van der Waals surface area contributed by atoms with Gasteiger partial charge in [-0.25, -0.2) is 12.7 Å². The van der Waals surface area contributed by atoms with Crippen LogP contribution in [-0.2, 0) is 26.3 Å². The van der Waals surface area contributed by atoms with Crippen molar-refractivity contribution in [2.45, 2.75) is 24.3 Å². The molecule has 31 heavy (non-hydrogen) atoms. The van der Waals surface area contributed by atoms with Crippen LogP contribution in [0.1, 0.15) is 24.0 Å². The number of carbonyl (C=O) groups is 1. The summed E-state index contributed by atoms with van der Waals surface area (Å²) < 4.78 is 26.8.